The summed E-state index contributed by atoms with van der Waals surface area (Å²) in [4.78, 5) is 0. The minimum atomic E-state index is -1.87. The molecule has 0 aromatic carbocycles. The number of hydrogen-bond acceptors (Lipinski definition) is 1. The predicted molar refractivity (Wildman–Crippen MR) is 102 cm³/mol. The standard InChI is InChI=1S/C17H28Br2OSi/c1-13(2,3)21(7,8)20-16-12-10-14(4,5)9-11-15(16,6)17(16,18)19/h9-12H,1-8H3. The van der Waals surface area contributed by atoms with Crippen LogP contribution in [0.1, 0.15) is 41.5 Å². The monoisotopic (exact) mass is 434 g/mol. The van der Waals surface area contributed by atoms with Gasteiger partial charge in [-0.3, -0.25) is 0 Å². The van der Waals surface area contributed by atoms with Gasteiger partial charge in [-0.15, -0.1) is 0 Å². The largest absolute Gasteiger partial charge is 0.405 e. The van der Waals surface area contributed by atoms with Crippen LogP contribution < -0.4 is 0 Å². The molecule has 0 spiro atoms. The van der Waals surface area contributed by atoms with Crippen LogP contribution in [0.2, 0.25) is 18.1 Å². The van der Waals surface area contributed by atoms with Gasteiger partial charge in [0.05, 0.1) is 0 Å². The van der Waals surface area contributed by atoms with Gasteiger partial charge in [0.2, 0.25) is 0 Å². The van der Waals surface area contributed by atoms with Gasteiger partial charge in [-0.25, -0.2) is 0 Å². The van der Waals surface area contributed by atoms with Crippen LogP contribution in [0.15, 0.2) is 24.3 Å². The lowest BCUT2D eigenvalue weighted by atomic mass is 9.92. The van der Waals surface area contributed by atoms with Gasteiger partial charge in [0.15, 0.2) is 8.32 Å². The molecule has 0 aromatic rings. The zero-order chi connectivity index (χ0) is 16.5. The Hall–Kier alpha value is 0.617. The maximum Gasteiger partial charge on any atom is 0.193 e. The molecule has 0 aromatic heterocycles. The fourth-order valence-electron chi connectivity index (χ4n) is 2.68. The van der Waals surface area contributed by atoms with Crippen molar-refractivity contribution in [2.24, 2.45) is 10.8 Å². The summed E-state index contributed by atoms with van der Waals surface area (Å²) in [6.45, 7) is 18.3. The molecule has 120 valence electrons. The Labute approximate surface area is 148 Å². The van der Waals surface area contributed by atoms with Crippen molar-refractivity contribution in [3.63, 3.8) is 0 Å². The normalized spacial score (nSPS) is 37.0. The summed E-state index contributed by atoms with van der Waals surface area (Å²) in [5.41, 5.74) is -0.302. The Kier molecular flexibility index (Phi) is 3.92. The number of hydrogen-bond donors (Lipinski definition) is 0. The highest BCUT2D eigenvalue weighted by Crippen LogP contribution is 2.78. The van der Waals surface area contributed by atoms with E-state index in [4.69, 9.17) is 4.43 Å². The van der Waals surface area contributed by atoms with E-state index in [1.54, 1.807) is 0 Å². The highest BCUT2D eigenvalue weighted by Gasteiger charge is 2.83. The number of rotatable bonds is 2. The first kappa shape index (κ1) is 18.0. The summed E-state index contributed by atoms with van der Waals surface area (Å²) in [6, 6.07) is 0. The topological polar surface area (TPSA) is 9.23 Å². The molecule has 1 nitrogen and oxygen atoms in total. The molecule has 2 unspecified atom stereocenters. The molecule has 2 atom stereocenters. The van der Waals surface area contributed by atoms with E-state index in [0.29, 0.717) is 0 Å². The summed E-state index contributed by atoms with van der Waals surface area (Å²) >= 11 is 7.79. The Morgan fingerprint density at radius 3 is 1.86 bits per heavy atom. The third-order valence-corrected chi connectivity index (χ3v) is 12.9. The Balaban J connectivity index is 2.48. The molecule has 0 aliphatic heterocycles. The van der Waals surface area contributed by atoms with Crippen molar-refractivity contribution in [1.82, 2.24) is 0 Å². The van der Waals surface area contributed by atoms with Gasteiger partial charge in [-0.2, -0.15) is 0 Å². The second-order valence-corrected chi connectivity index (χ2v) is 17.0. The van der Waals surface area contributed by atoms with Crippen LogP contribution >= 0.6 is 31.9 Å². The van der Waals surface area contributed by atoms with E-state index in [0.717, 1.165) is 0 Å². The third-order valence-electron chi connectivity index (χ3n) is 5.64. The number of alkyl halides is 2. The van der Waals surface area contributed by atoms with Crippen molar-refractivity contribution in [3.8, 4) is 0 Å². The van der Waals surface area contributed by atoms with Crippen molar-refractivity contribution in [2.75, 3.05) is 0 Å². The van der Waals surface area contributed by atoms with E-state index in [2.05, 4.69) is 111 Å². The van der Waals surface area contributed by atoms with Crippen molar-refractivity contribution in [3.05, 3.63) is 24.3 Å². The summed E-state index contributed by atoms with van der Waals surface area (Å²) < 4.78 is 6.68. The van der Waals surface area contributed by atoms with Crippen LogP contribution in [-0.4, -0.2) is 17.2 Å². The first-order valence-electron chi connectivity index (χ1n) is 7.61. The number of allylic oxidation sites excluding steroid dienone is 2. The molecular formula is C17H28Br2OSi. The van der Waals surface area contributed by atoms with E-state index in [9.17, 15) is 0 Å². The van der Waals surface area contributed by atoms with Gasteiger partial charge in [-0.1, -0.05) is 97.7 Å². The molecule has 0 heterocycles. The summed E-state index contributed by atoms with van der Waals surface area (Å²) in [7, 11) is -1.87. The molecule has 0 saturated heterocycles. The second kappa shape index (κ2) is 4.58. The lowest BCUT2D eigenvalue weighted by Crippen LogP contribution is -2.46. The summed E-state index contributed by atoms with van der Waals surface area (Å²) in [5, 5.41) is 0.195. The van der Waals surface area contributed by atoms with E-state index in [-0.39, 0.29) is 24.7 Å². The molecule has 21 heavy (non-hydrogen) atoms. The molecule has 0 bridgehead atoms. The molecule has 1 fully saturated rings. The van der Waals surface area contributed by atoms with Crippen LogP contribution in [0.5, 0.6) is 0 Å². The first-order chi connectivity index (χ1) is 9.12. The fraction of sp³-hybridized carbons (Fsp3) is 0.765. The van der Waals surface area contributed by atoms with Crippen molar-refractivity contribution >= 4 is 40.2 Å². The van der Waals surface area contributed by atoms with Crippen molar-refractivity contribution in [2.45, 2.75) is 68.5 Å². The highest BCUT2D eigenvalue weighted by atomic mass is 79.9. The lowest BCUT2D eigenvalue weighted by Gasteiger charge is -2.40. The SMILES string of the molecule is CC1(C)C=CC2(C)C(Br)(Br)C2(O[Si](C)(C)C(C)(C)C)C=C1. The van der Waals surface area contributed by atoms with Crippen LogP contribution in [-0.2, 0) is 4.43 Å². The van der Waals surface area contributed by atoms with Crippen molar-refractivity contribution in [1.29, 1.82) is 0 Å². The predicted octanol–water partition coefficient (Wildman–Crippen LogP) is 6.41. The van der Waals surface area contributed by atoms with Gasteiger partial charge in [0, 0.05) is 10.8 Å². The molecule has 1 saturated carbocycles. The van der Waals surface area contributed by atoms with E-state index >= 15 is 0 Å². The molecule has 0 radical (unpaired) electrons. The van der Waals surface area contributed by atoms with E-state index < -0.39 is 8.32 Å². The zero-order valence-corrected chi connectivity index (χ0v) is 18.6. The molecule has 0 N–H and O–H groups in total. The quantitative estimate of drug-likeness (QED) is 0.276. The third kappa shape index (κ3) is 2.40. The Bertz CT molecular complexity index is 513. The van der Waals surface area contributed by atoms with Crippen molar-refractivity contribution < 1.29 is 4.43 Å². The maximum absolute atomic E-state index is 6.90. The second-order valence-electron chi connectivity index (χ2n) is 8.86. The molecule has 2 aliphatic carbocycles. The van der Waals surface area contributed by atoms with E-state index in [1.807, 2.05) is 0 Å². The minimum Gasteiger partial charge on any atom is -0.405 e. The maximum atomic E-state index is 6.90. The van der Waals surface area contributed by atoms with Crippen LogP contribution in [0.3, 0.4) is 0 Å². The average molecular weight is 436 g/mol. The zero-order valence-electron chi connectivity index (χ0n) is 14.5. The van der Waals surface area contributed by atoms with Crippen LogP contribution in [0, 0.1) is 10.8 Å². The molecule has 2 aliphatic rings. The minimum absolute atomic E-state index is 0.0697. The van der Waals surface area contributed by atoms with Crippen LogP contribution in [0.25, 0.3) is 0 Å². The van der Waals surface area contributed by atoms with Gasteiger partial charge < -0.3 is 4.43 Å². The summed E-state index contributed by atoms with van der Waals surface area (Å²) in [6.07, 6.45) is 9.19. The van der Waals surface area contributed by atoms with Gasteiger partial charge in [0.25, 0.3) is 0 Å². The Morgan fingerprint density at radius 2 is 1.38 bits per heavy atom. The van der Waals surface area contributed by atoms with E-state index in [1.165, 1.54) is 0 Å². The molecule has 4 heteroatoms. The molecule has 2 rings (SSSR count). The van der Waals surface area contributed by atoms with Gasteiger partial charge >= 0.3 is 0 Å². The number of halogens is 2. The van der Waals surface area contributed by atoms with Crippen LogP contribution in [0.4, 0.5) is 0 Å². The molecular weight excluding hydrogens is 408 g/mol. The first-order valence-corrected chi connectivity index (χ1v) is 12.1. The molecule has 0 amide bonds. The Morgan fingerprint density at radius 1 is 0.905 bits per heavy atom. The number of fused-ring (bicyclic) bond motifs is 1. The van der Waals surface area contributed by atoms with Gasteiger partial charge in [-0.05, 0) is 18.1 Å². The fourth-order valence-corrected chi connectivity index (χ4v) is 6.43. The lowest BCUT2D eigenvalue weighted by molar-refractivity contribution is 0.174. The highest BCUT2D eigenvalue weighted by molar-refractivity contribution is 9.25. The smallest absolute Gasteiger partial charge is 0.193 e. The summed E-state index contributed by atoms with van der Waals surface area (Å²) in [5.74, 6) is 0. The average Bonchev–Trinajstić information content (AvgIpc) is 2.67. The van der Waals surface area contributed by atoms with Gasteiger partial charge in [0.1, 0.15) is 8.83 Å².